The minimum absolute atomic E-state index is 0. The Morgan fingerprint density at radius 1 is 1.12 bits per heavy atom. The Kier molecular flexibility index (Phi) is 6.74. The zero-order chi connectivity index (χ0) is 22.2. The summed E-state index contributed by atoms with van der Waals surface area (Å²) in [6.45, 7) is 7.30. The van der Waals surface area contributed by atoms with Crippen LogP contribution in [0, 0.1) is 6.92 Å². The lowest BCUT2D eigenvalue weighted by atomic mass is 10.1. The van der Waals surface area contributed by atoms with Gasteiger partial charge in [-0.1, -0.05) is 13.0 Å². The molecule has 33 heavy (non-hydrogen) atoms. The number of piperazine rings is 1. The lowest BCUT2D eigenvalue weighted by Crippen LogP contribution is -2.49. The standard InChI is InChI=1S/C24H29N5O3.ClH/c1-3-20-15-32-24(31)29(20)21-7-6-18(13-25-21)23(30)28-10-8-27(9-11-28)22-16(2)12-19(14-26-22)17-4-5-17;/h6-7,12-14,17,20H,3-5,8-11,15H2,1-2H3;1H. The van der Waals surface area contributed by atoms with Crippen molar-refractivity contribution in [2.75, 3.05) is 42.6 Å². The third-order valence-electron chi connectivity index (χ3n) is 6.66. The summed E-state index contributed by atoms with van der Waals surface area (Å²) in [5.74, 6) is 2.22. The van der Waals surface area contributed by atoms with E-state index >= 15 is 0 Å². The highest BCUT2D eigenvalue weighted by Gasteiger charge is 2.34. The molecule has 2 saturated heterocycles. The first-order valence-electron chi connectivity index (χ1n) is 11.5. The summed E-state index contributed by atoms with van der Waals surface area (Å²) >= 11 is 0. The first-order valence-corrected chi connectivity index (χ1v) is 11.5. The summed E-state index contributed by atoms with van der Waals surface area (Å²) in [7, 11) is 0. The summed E-state index contributed by atoms with van der Waals surface area (Å²) in [5, 5.41) is 0. The molecule has 0 spiro atoms. The largest absolute Gasteiger partial charge is 0.447 e. The van der Waals surface area contributed by atoms with Crippen LogP contribution in [-0.2, 0) is 4.74 Å². The van der Waals surface area contributed by atoms with Gasteiger partial charge in [0.1, 0.15) is 18.2 Å². The van der Waals surface area contributed by atoms with Gasteiger partial charge in [0.05, 0.1) is 11.6 Å². The highest BCUT2D eigenvalue weighted by Crippen LogP contribution is 2.40. The smallest absolute Gasteiger partial charge is 0.415 e. The second-order valence-electron chi connectivity index (χ2n) is 8.88. The normalized spacial score (nSPS) is 20.5. The second-order valence-corrected chi connectivity index (χ2v) is 8.88. The molecular weight excluding hydrogens is 442 g/mol. The Morgan fingerprint density at radius 2 is 1.88 bits per heavy atom. The fraction of sp³-hybridized carbons (Fsp3) is 0.500. The predicted molar refractivity (Wildman–Crippen MR) is 128 cm³/mol. The average Bonchev–Trinajstić information content (AvgIpc) is 3.61. The van der Waals surface area contributed by atoms with Gasteiger partial charge in [-0.2, -0.15) is 0 Å². The lowest BCUT2D eigenvalue weighted by molar-refractivity contribution is 0.0746. The zero-order valence-electron chi connectivity index (χ0n) is 19.1. The Labute approximate surface area is 200 Å². The molecule has 8 nitrogen and oxygen atoms in total. The van der Waals surface area contributed by atoms with Gasteiger partial charge < -0.3 is 14.5 Å². The van der Waals surface area contributed by atoms with Crippen molar-refractivity contribution in [2.24, 2.45) is 0 Å². The molecule has 176 valence electrons. The monoisotopic (exact) mass is 471 g/mol. The van der Waals surface area contributed by atoms with E-state index in [1.165, 1.54) is 24.0 Å². The number of anilines is 2. The molecule has 3 aliphatic rings. The van der Waals surface area contributed by atoms with Gasteiger partial charge in [0.15, 0.2) is 0 Å². The van der Waals surface area contributed by atoms with E-state index in [2.05, 4.69) is 22.9 Å². The van der Waals surface area contributed by atoms with Crippen LogP contribution in [0.1, 0.15) is 53.6 Å². The molecule has 1 atom stereocenters. The van der Waals surface area contributed by atoms with Gasteiger partial charge in [-0.05, 0) is 55.4 Å². The Morgan fingerprint density at radius 3 is 2.48 bits per heavy atom. The van der Waals surface area contributed by atoms with Crippen LogP contribution in [0.3, 0.4) is 0 Å². The number of amides is 2. The van der Waals surface area contributed by atoms with Gasteiger partial charge in [-0.15, -0.1) is 12.4 Å². The van der Waals surface area contributed by atoms with E-state index in [-0.39, 0.29) is 30.4 Å². The summed E-state index contributed by atoms with van der Waals surface area (Å²) in [6, 6.07) is 5.73. The third-order valence-corrected chi connectivity index (χ3v) is 6.66. The van der Waals surface area contributed by atoms with Gasteiger partial charge in [0, 0.05) is 38.6 Å². The number of carbonyl (C=O) groups is 2. The second kappa shape index (κ2) is 9.55. The van der Waals surface area contributed by atoms with Crippen molar-refractivity contribution in [3.63, 3.8) is 0 Å². The zero-order valence-corrected chi connectivity index (χ0v) is 19.9. The molecule has 2 amide bonds. The van der Waals surface area contributed by atoms with Crippen molar-refractivity contribution < 1.29 is 14.3 Å². The van der Waals surface area contributed by atoms with Crippen LogP contribution in [0.4, 0.5) is 16.4 Å². The number of cyclic esters (lactones) is 1. The van der Waals surface area contributed by atoms with E-state index < -0.39 is 0 Å². The summed E-state index contributed by atoms with van der Waals surface area (Å²) in [4.78, 5) is 39.8. The fourth-order valence-electron chi connectivity index (χ4n) is 4.56. The lowest BCUT2D eigenvalue weighted by Gasteiger charge is -2.36. The van der Waals surface area contributed by atoms with Gasteiger partial charge in [0.2, 0.25) is 0 Å². The van der Waals surface area contributed by atoms with Gasteiger partial charge in [-0.3, -0.25) is 9.69 Å². The number of halogens is 1. The summed E-state index contributed by atoms with van der Waals surface area (Å²) < 4.78 is 5.13. The minimum Gasteiger partial charge on any atom is -0.447 e. The molecule has 0 bridgehead atoms. The molecule has 4 heterocycles. The molecule has 2 aliphatic heterocycles. The molecule has 1 aliphatic carbocycles. The molecule has 3 fully saturated rings. The van der Waals surface area contributed by atoms with Crippen LogP contribution in [0.25, 0.3) is 0 Å². The molecule has 9 heteroatoms. The number of nitrogens with zero attached hydrogens (tertiary/aromatic N) is 5. The predicted octanol–water partition coefficient (Wildman–Crippen LogP) is 3.78. The highest BCUT2D eigenvalue weighted by atomic mass is 35.5. The number of hydrogen-bond acceptors (Lipinski definition) is 6. The number of aryl methyl sites for hydroxylation is 1. The van der Waals surface area contributed by atoms with E-state index in [1.807, 2.05) is 18.0 Å². The number of aromatic nitrogens is 2. The van der Waals surface area contributed by atoms with Crippen LogP contribution in [0.5, 0.6) is 0 Å². The Hall–Kier alpha value is -2.87. The van der Waals surface area contributed by atoms with E-state index in [4.69, 9.17) is 9.72 Å². The third kappa shape index (κ3) is 4.62. The van der Waals surface area contributed by atoms with Crippen molar-refractivity contribution in [1.29, 1.82) is 0 Å². The molecule has 2 aromatic rings. The molecule has 0 radical (unpaired) electrons. The van der Waals surface area contributed by atoms with Crippen molar-refractivity contribution in [2.45, 2.75) is 45.1 Å². The molecule has 2 aromatic heterocycles. The van der Waals surface area contributed by atoms with E-state index in [9.17, 15) is 9.59 Å². The average molecular weight is 472 g/mol. The van der Waals surface area contributed by atoms with Crippen molar-refractivity contribution in [3.05, 3.63) is 47.3 Å². The van der Waals surface area contributed by atoms with Crippen LogP contribution in [0.2, 0.25) is 0 Å². The Bertz CT molecular complexity index is 1020. The maximum Gasteiger partial charge on any atom is 0.415 e. The summed E-state index contributed by atoms with van der Waals surface area (Å²) in [6.07, 6.45) is 6.54. The van der Waals surface area contributed by atoms with Crippen molar-refractivity contribution in [3.8, 4) is 0 Å². The van der Waals surface area contributed by atoms with E-state index in [0.717, 1.165) is 25.3 Å². The maximum absolute atomic E-state index is 13.0. The maximum atomic E-state index is 13.0. The topological polar surface area (TPSA) is 78.9 Å². The molecule has 0 N–H and O–H groups in total. The fourth-order valence-corrected chi connectivity index (χ4v) is 4.56. The molecule has 1 unspecified atom stereocenters. The molecule has 0 aromatic carbocycles. The van der Waals surface area contributed by atoms with Crippen LogP contribution >= 0.6 is 12.4 Å². The Balaban J connectivity index is 0.00000259. The van der Waals surface area contributed by atoms with E-state index in [1.54, 1.807) is 23.2 Å². The number of pyridine rings is 2. The first kappa shape index (κ1) is 23.3. The number of ether oxygens (including phenoxy) is 1. The van der Waals surface area contributed by atoms with Crippen LogP contribution in [0.15, 0.2) is 30.6 Å². The number of hydrogen-bond donors (Lipinski definition) is 0. The van der Waals surface area contributed by atoms with Gasteiger partial charge in [-0.25, -0.2) is 14.8 Å². The van der Waals surface area contributed by atoms with Crippen molar-refractivity contribution >= 4 is 36.0 Å². The molecule has 1 saturated carbocycles. The minimum atomic E-state index is -0.381. The van der Waals surface area contributed by atoms with Crippen molar-refractivity contribution in [1.82, 2.24) is 14.9 Å². The summed E-state index contributed by atoms with van der Waals surface area (Å²) in [5.41, 5.74) is 3.09. The quantitative estimate of drug-likeness (QED) is 0.660. The SMILES string of the molecule is CCC1COC(=O)N1c1ccc(C(=O)N2CCN(c3ncc(C4CC4)cc3C)CC2)cn1.Cl. The number of rotatable bonds is 5. The van der Waals surface area contributed by atoms with E-state index in [0.29, 0.717) is 37.0 Å². The molecule has 5 rings (SSSR count). The molecular formula is C24H30ClN5O3. The van der Waals surface area contributed by atoms with Crippen LogP contribution in [-0.4, -0.2) is 65.7 Å². The van der Waals surface area contributed by atoms with Gasteiger partial charge in [0.25, 0.3) is 5.91 Å². The highest BCUT2D eigenvalue weighted by molar-refractivity contribution is 5.95. The van der Waals surface area contributed by atoms with Gasteiger partial charge >= 0.3 is 6.09 Å². The number of carbonyl (C=O) groups excluding carboxylic acids is 2. The van der Waals surface area contributed by atoms with Crippen LogP contribution < -0.4 is 9.80 Å². The first-order chi connectivity index (χ1) is 15.5.